The van der Waals surface area contributed by atoms with Crippen LogP contribution < -0.4 is 4.73 Å². The van der Waals surface area contributed by atoms with Crippen molar-refractivity contribution in [2.45, 2.75) is 25.0 Å². The Morgan fingerprint density at radius 3 is 2.93 bits per heavy atom. The van der Waals surface area contributed by atoms with Gasteiger partial charge in [-0.25, -0.2) is 0 Å². The highest BCUT2D eigenvalue weighted by Gasteiger charge is 2.44. The van der Waals surface area contributed by atoms with Crippen LogP contribution in [0.2, 0.25) is 0 Å². The summed E-state index contributed by atoms with van der Waals surface area (Å²) in [6.45, 7) is 1.24. The van der Waals surface area contributed by atoms with E-state index in [-0.39, 0.29) is 0 Å². The zero-order valence-electron chi connectivity index (χ0n) is 8.44. The zero-order chi connectivity index (χ0) is 10.3. The van der Waals surface area contributed by atoms with Crippen LogP contribution in [0.25, 0.3) is 0 Å². The van der Waals surface area contributed by atoms with E-state index < -0.39 is 5.79 Å². The van der Waals surface area contributed by atoms with Gasteiger partial charge in [0, 0.05) is 18.9 Å². The standard InChI is InChI=1S/C11H13NO3/c13-12-6-2-3-9-10(12)4-1-5-11(9)14-7-8-15-11/h2-3,6H,1,4-5,7-8H2. The van der Waals surface area contributed by atoms with Crippen molar-refractivity contribution < 1.29 is 14.2 Å². The van der Waals surface area contributed by atoms with Gasteiger partial charge in [0.05, 0.1) is 18.8 Å². The number of ether oxygens (including phenoxy) is 2. The number of hydrogen-bond donors (Lipinski definition) is 0. The SMILES string of the molecule is [O-][n+]1cccc2c1CCCC21OCCO1. The lowest BCUT2D eigenvalue weighted by Crippen LogP contribution is -2.41. The lowest BCUT2D eigenvalue weighted by Gasteiger charge is -2.31. The third kappa shape index (κ3) is 1.25. The Balaban J connectivity index is 2.14. The highest BCUT2D eigenvalue weighted by molar-refractivity contribution is 5.25. The molecule has 1 aliphatic carbocycles. The molecule has 0 aromatic carbocycles. The minimum Gasteiger partial charge on any atom is -0.618 e. The summed E-state index contributed by atoms with van der Waals surface area (Å²) < 4.78 is 12.3. The Labute approximate surface area is 88.0 Å². The van der Waals surface area contributed by atoms with E-state index in [1.165, 1.54) is 6.20 Å². The smallest absolute Gasteiger partial charge is 0.201 e. The molecule has 0 saturated carbocycles. The van der Waals surface area contributed by atoms with Gasteiger partial charge in [-0.3, -0.25) is 0 Å². The van der Waals surface area contributed by atoms with Crippen molar-refractivity contribution in [3.63, 3.8) is 0 Å². The Bertz CT molecular complexity index is 385. The van der Waals surface area contributed by atoms with Crippen molar-refractivity contribution in [2.24, 2.45) is 0 Å². The molecule has 1 aliphatic heterocycles. The van der Waals surface area contributed by atoms with Crippen molar-refractivity contribution in [3.8, 4) is 0 Å². The van der Waals surface area contributed by atoms with Crippen molar-refractivity contribution in [3.05, 3.63) is 34.8 Å². The molecule has 0 amide bonds. The molecule has 1 aromatic rings. The number of nitrogens with zero attached hydrogens (tertiary/aromatic N) is 1. The van der Waals surface area contributed by atoms with E-state index in [0.29, 0.717) is 13.2 Å². The number of rotatable bonds is 0. The molecule has 4 nitrogen and oxygen atoms in total. The molecule has 1 fully saturated rings. The molecular formula is C11H13NO3. The molecule has 4 heteroatoms. The molecule has 2 aliphatic rings. The van der Waals surface area contributed by atoms with Gasteiger partial charge in [0.1, 0.15) is 0 Å². The number of hydrogen-bond acceptors (Lipinski definition) is 3. The van der Waals surface area contributed by atoms with Crippen LogP contribution in [0, 0.1) is 5.21 Å². The predicted molar refractivity (Wildman–Crippen MR) is 51.9 cm³/mol. The van der Waals surface area contributed by atoms with Crippen LogP contribution in [0.4, 0.5) is 0 Å². The van der Waals surface area contributed by atoms with Crippen molar-refractivity contribution in [1.82, 2.24) is 0 Å². The molecule has 1 aromatic heterocycles. The van der Waals surface area contributed by atoms with Gasteiger partial charge in [-0.1, -0.05) is 0 Å². The van der Waals surface area contributed by atoms with Gasteiger partial charge in [0.2, 0.25) is 11.5 Å². The number of pyridine rings is 1. The van der Waals surface area contributed by atoms with E-state index in [4.69, 9.17) is 9.47 Å². The van der Waals surface area contributed by atoms with Gasteiger partial charge in [-0.05, 0) is 12.5 Å². The Morgan fingerprint density at radius 2 is 2.13 bits per heavy atom. The van der Waals surface area contributed by atoms with Crippen LogP contribution in [0.5, 0.6) is 0 Å². The second kappa shape index (κ2) is 3.18. The lowest BCUT2D eigenvalue weighted by molar-refractivity contribution is -0.616. The van der Waals surface area contributed by atoms with Crippen LogP contribution in [0.1, 0.15) is 24.1 Å². The van der Waals surface area contributed by atoms with Crippen LogP contribution in [-0.4, -0.2) is 13.2 Å². The van der Waals surface area contributed by atoms with E-state index in [1.807, 2.05) is 6.07 Å². The maximum atomic E-state index is 11.6. The maximum Gasteiger partial charge on any atom is 0.201 e. The maximum absolute atomic E-state index is 11.6. The van der Waals surface area contributed by atoms with E-state index in [2.05, 4.69) is 0 Å². The molecule has 1 spiro atoms. The van der Waals surface area contributed by atoms with Crippen LogP contribution >= 0.6 is 0 Å². The third-order valence-electron chi connectivity index (χ3n) is 3.14. The molecule has 0 radical (unpaired) electrons. The minimum atomic E-state index is -0.624. The second-order valence-corrected chi connectivity index (χ2v) is 4.00. The summed E-state index contributed by atoms with van der Waals surface area (Å²) in [6, 6.07) is 3.69. The molecule has 1 saturated heterocycles. The summed E-state index contributed by atoms with van der Waals surface area (Å²) in [5, 5.41) is 11.6. The average molecular weight is 207 g/mol. The van der Waals surface area contributed by atoms with Gasteiger partial charge in [0.15, 0.2) is 6.20 Å². The monoisotopic (exact) mass is 207 g/mol. The topological polar surface area (TPSA) is 45.4 Å². The molecule has 0 bridgehead atoms. The van der Waals surface area contributed by atoms with Gasteiger partial charge >= 0.3 is 0 Å². The summed E-state index contributed by atoms with van der Waals surface area (Å²) in [7, 11) is 0. The van der Waals surface area contributed by atoms with Crippen LogP contribution in [0.3, 0.4) is 0 Å². The largest absolute Gasteiger partial charge is 0.618 e. The molecule has 15 heavy (non-hydrogen) atoms. The van der Waals surface area contributed by atoms with Gasteiger partial charge in [-0.15, -0.1) is 0 Å². The third-order valence-corrected chi connectivity index (χ3v) is 3.14. The molecule has 3 rings (SSSR count). The van der Waals surface area contributed by atoms with E-state index in [1.54, 1.807) is 6.07 Å². The first-order valence-corrected chi connectivity index (χ1v) is 5.31. The minimum absolute atomic E-state index is 0.618. The average Bonchev–Trinajstić information content (AvgIpc) is 2.70. The first-order chi connectivity index (χ1) is 7.32. The van der Waals surface area contributed by atoms with Gasteiger partial charge in [0.25, 0.3) is 0 Å². The quantitative estimate of drug-likeness (QED) is 0.468. The van der Waals surface area contributed by atoms with Crippen LogP contribution in [-0.2, 0) is 21.7 Å². The van der Waals surface area contributed by atoms with E-state index in [0.717, 1.165) is 35.3 Å². The Hall–Kier alpha value is -1.13. The molecule has 0 unspecified atom stereocenters. The van der Waals surface area contributed by atoms with Crippen LogP contribution in [0.15, 0.2) is 18.3 Å². The van der Waals surface area contributed by atoms with E-state index in [9.17, 15) is 5.21 Å². The number of aromatic nitrogens is 1. The Kier molecular flexibility index (Phi) is 1.94. The van der Waals surface area contributed by atoms with E-state index >= 15 is 0 Å². The van der Waals surface area contributed by atoms with Crippen molar-refractivity contribution >= 4 is 0 Å². The zero-order valence-corrected chi connectivity index (χ0v) is 8.44. The predicted octanol–water partition coefficient (Wildman–Crippen LogP) is 0.856. The lowest BCUT2D eigenvalue weighted by atomic mass is 9.90. The summed E-state index contributed by atoms with van der Waals surface area (Å²) in [6.07, 6.45) is 4.14. The fourth-order valence-electron chi connectivity index (χ4n) is 2.49. The van der Waals surface area contributed by atoms with Gasteiger partial charge in [-0.2, -0.15) is 4.73 Å². The fraction of sp³-hybridized carbons (Fsp3) is 0.545. The highest BCUT2D eigenvalue weighted by Crippen LogP contribution is 2.40. The molecule has 2 heterocycles. The normalized spacial score (nSPS) is 22.9. The molecular weight excluding hydrogens is 194 g/mol. The molecule has 0 N–H and O–H groups in total. The van der Waals surface area contributed by atoms with Crippen molar-refractivity contribution in [1.29, 1.82) is 0 Å². The summed E-state index contributed by atoms with van der Waals surface area (Å²) in [4.78, 5) is 0. The summed E-state index contributed by atoms with van der Waals surface area (Å²) in [5.41, 5.74) is 1.72. The summed E-state index contributed by atoms with van der Waals surface area (Å²) in [5.74, 6) is -0.624. The first kappa shape index (κ1) is 9.12. The first-order valence-electron chi connectivity index (χ1n) is 5.31. The van der Waals surface area contributed by atoms with Gasteiger partial charge < -0.3 is 14.7 Å². The second-order valence-electron chi connectivity index (χ2n) is 4.00. The number of fused-ring (bicyclic) bond motifs is 2. The molecule has 0 atom stereocenters. The highest BCUT2D eigenvalue weighted by atomic mass is 16.7. The summed E-state index contributed by atoms with van der Waals surface area (Å²) >= 11 is 0. The molecule has 80 valence electrons. The fourth-order valence-corrected chi connectivity index (χ4v) is 2.49. The van der Waals surface area contributed by atoms with Crippen molar-refractivity contribution in [2.75, 3.05) is 13.2 Å². The Morgan fingerprint density at radius 1 is 1.33 bits per heavy atom.